The summed E-state index contributed by atoms with van der Waals surface area (Å²) in [5, 5.41) is 3.43. The molecule has 0 aliphatic carbocycles. The number of halogens is 1. The van der Waals surface area contributed by atoms with Gasteiger partial charge in [-0.3, -0.25) is 13.9 Å². The normalized spacial score (nSPS) is 12.9. The van der Waals surface area contributed by atoms with Gasteiger partial charge in [0.2, 0.25) is 11.8 Å². The minimum Gasteiger partial charge on any atom is -0.352 e. The fourth-order valence-corrected chi connectivity index (χ4v) is 5.81. The monoisotopic (exact) mass is 569 g/mol. The highest BCUT2D eigenvalue weighted by atomic mass is 35.5. The Morgan fingerprint density at radius 1 is 0.949 bits per heavy atom. The molecule has 0 bridgehead atoms. The molecule has 0 unspecified atom stereocenters. The van der Waals surface area contributed by atoms with Gasteiger partial charge in [-0.25, -0.2) is 8.42 Å². The summed E-state index contributed by atoms with van der Waals surface area (Å²) in [5.74, 6) is -0.828. The number of rotatable bonds is 11. The number of carbonyl (C=O) groups is 2. The molecule has 3 aromatic carbocycles. The zero-order valence-corrected chi connectivity index (χ0v) is 24.6. The number of aryl methyl sites for hydroxylation is 2. The molecule has 2 atom stereocenters. The van der Waals surface area contributed by atoms with Crippen molar-refractivity contribution in [3.05, 3.63) is 94.5 Å². The summed E-state index contributed by atoms with van der Waals surface area (Å²) in [6.45, 7) is 8.77. The highest BCUT2D eigenvalue weighted by Crippen LogP contribution is 2.28. The Kier molecular flexibility index (Phi) is 10.2. The lowest BCUT2D eigenvalue weighted by atomic mass is 10.1. The third-order valence-electron chi connectivity index (χ3n) is 6.65. The van der Waals surface area contributed by atoms with Crippen LogP contribution in [0.25, 0.3) is 0 Å². The molecule has 0 saturated carbocycles. The van der Waals surface area contributed by atoms with E-state index in [1.165, 1.54) is 17.0 Å². The van der Waals surface area contributed by atoms with Crippen LogP contribution in [0.4, 0.5) is 5.69 Å². The van der Waals surface area contributed by atoms with Crippen LogP contribution in [0, 0.1) is 13.8 Å². The zero-order chi connectivity index (χ0) is 28.7. The van der Waals surface area contributed by atoms with E-state index in [9.17, 15) is 18.0 Å². The molecule has 0 spiro atoms. The fourth-order valence-electron chi connectivity index (χ4n) is 4.10. The van der Waals surface area contributed by atoms with Crippen LogP contribution < -0.4 is 9.62 Å². The van der Waals surface area contributed by atoms with E-state index in [4.69, 9.17) is 11.6 Å². The van der Waals surface area contributed by atoms with Crippen LogP contribution >= 0.6 is 11.6 Å². The van der Waals surface area contributed by atoms with Crippen molar-refractivity contribution >= 4 is 39.1 Å². The van der Waals surface area contributed by atoms with Gasteiger partial charge in [0, 0.05) is 17.6 Å². The molecule has 0 aliphatic heterocycles. The molecule has 2 amide bonds. The van der Waals surface area contributed by atoms with E-state index in [0.29, 0.717) is 16.3 Å². The van der Waals surface area contributed by atoms with Crippen molar-refractivity contribution in [3.63, 3.8) is 0 Å². The first-order valence-corrected chi connectivity index (χ1v) is 14.7. The summed E-state index contributed by atoms with van der Waals surface area (Å²) in [7, 11) is -4.11. The van der Waals surface area contributed by atoms with Crippen LogP contribution in [0.15, 0.2) is 77.7 Å². The van der Waals surface area contributed by atoms with Crippen LogP contribution in [0.2, 0.25) is 5.02 Å². The molecule has 3 rings (SSSR count). The molecule has 0 aliphatic rings. The molecule has 208 valence electrons. The second-order valence-electron chi connectivity index (χ2n) is 9.76. The van der Waals surface area contributed by atoms with Crippen molar-refractivity contribution in [2.45, 2.75) is 64.6 Å². The van der Waals surface area contributed by atoms with Gasteiger partial charge in [0.05, 0.1) is 10.6 Å². The summed E-state index contributed by atoms with van der Waals surface area (Å²) >= 11 is 6.19. The molecule has 9 heteroatoms. The quantitative estimate of drug-likeness (QED) is 0.331. The van der Waals surface area contributed by atoms with Crippen LogP contribution in [-0.2, 0) is 26.2 Å². The molecule has 0 radical (unpaired) electrons. The third kappa shape index (κ3) is 7.61. The Bertz CT molecular complexity index is 1410. The van der Waals surface area contributed by atoms with Gasteiger partial charge in [0.25, 0.3) is 10.0 Å². The maximum atomic E-state index is 14.0. The average Bonchev–Trinajstić information content (AvgIpc) is 2.91. The number of nitrogens with zero attached hydrogens (tertiary/aromatic N) is 2. The van der Waals surface area contributed by atoms with E-state index in [2.05, 4.69) is 5.32 Å². The molecule has 0 heterocycles. The van der Waals surface area contributed by atoms with E-state index in [1.54, 1.807) is 56.3 Å². The summed E-state index contributed by atoms with van der Waals surface area (Å²) in [5.41, 5.74) is 2.69. The zero-order valence-electron chi connectivity index (χ0n) is 23.0. The van der Waals surface area contributed by atoms with E-state index in [-0.39, 0.29) is 23.4 Å². The molecule has 0 aromatic heterocycles. The average molecular weight is 570 g/mol. The van der Waals surface area contributed by atoms with Gasteiger partial charge in [-0.1, -0.05) is 61.0 Å². The number of nitrogens with one attached hydrogen (secondary N) is 1. The summed E-state index contributed by atoms with van der Waals surface area (Å²) in [6, 6.07) is 19.6. The Morgan fingerprint density at radius 3 is 2.28 bits per heavy atom. The van der Waals surface area contributed by atoms with Gasteiger partial charge in [0.1, 0.15) is 12.6 Å². The van der Waals surface area contributed by atoms with Crippen molar-refractivity contribution in [1.29, 1.82) is 0 Å². The Hall–Kier alpha value is -3.36. The largest absolute Gasteiger partial charge is 0.352 e. The maximum absolute atomic E-state index is 14.0. The lowest BCUT2D eigenvalue weighted by Gasteiger charge is -2.33. The minimum atomic E-state index is -4.11. The minimum absolute atomic E-state index is 0.0719. The van der Waals surface area contributed by atoms with Gasteiger partial charge in [0.15, 0.2) is 0 Å². The van der Waals surface area contributed by atoms with Crippen LogP contribution in [-0.4, -0.2) is 43.8 Å². The first kappa shape index (κ1) is 30.2. The molecule has 39 heavy (non-hydrogen) atoms. The Balaban J connectivity index is 2.06. The molecular formula is C30H36ClN3O4S. The Labute approximate surface area is 236 Å². The van der Waals surface area contributed by atoms with Gasteiger partial charge >= 0.3 is 0 Å². The smallest absolute Gasteiger partial charge is 0.264 e. The first-order chi connectivity index (χ1) is 18.4. The van der Waals surface area contributed by atoms with Crippen molar-refractivity contribution in [2.75, 3.05) is 10.8 Å². The number of carbonyl (C=O) groups excluding carboxylic acids is 2. The van der Waals surface area contributed by atoms with Crippen LogP contribution in [0.5, 0.6) is 0 Å². The van der Waals surface area contributed by atoms with Crippen molar-refractivity contribution in [3.8, 4) is 0 Å². The maximum Gasteiger partial charge on any atom is 0.264 e. The summed E-state index contributed by atoms with van der Waals surface area (Å²) in [6.07, 6.45) is 0.733. The number of anilines is 1. The van der Waals surface area contributed by atoms with Gasteiger partial charge in [-0.05, 0) is 81.1 Å². The first-order valence-electron chi connectivity index (χ1n) is 12.9. The van der Waals surface area contributed by atoms with Crippen molar-refractivity contribution in [1.82, 2.24) is 10.2 Å². The van der Waals surface area contributed by atoms with Crippen molar-refractivity contribution in [2.24, 2.45) is 0 Å². The van der Waals surface area contributed by atoms with E-state index < -0.39 is 28.5 Å². The Morgan fingerprint density at radius 2 is 1.64 bits per heavy atom. The molecule has 7 nitrogen and oxygen atoms in total. The van der Waals surface area contributed by atoms with Gasteiger partial charge in [-0.15, -0.1) is 0 Å². The highest BCUT2D eigenvalue weighted by molar-refractivity contribution is 7.92. The predicted octanol–water partition coefficient (Wildman–Crippen LogP) is 5.48. The lowest BCUT2D eigenvalue weighted by molar-refractivity contribution is -0.139. The number of benzene rings is 3. The topological polar surface area (TPSA) is 86.8 Å². The van der Waals surface area contributed by atoms with Gasteiger partial charge < -0.3 is 10.2 Å². The van der Waals surface area contributed by atoms with E-state index in [0.717, 1.165) is 21.9 Å². The van der Waals surface area contributed by atoms with Crippen LogP contribution in [0.1, 0.15) is 43.9 Å². The molecular weight excluding hydrogens is 534 g/mol. The number of hydrogen-bond donors (Lipinski definition) is 1. The SMILES string of the molecule is CC[C@H](C)NC(=O)[C@@H](C)N(Cc1cccc(Cl)c1)C(=O)CN(c1cc(C)ccc1C)S(=O)(=O)c1ccccc1. The second-order valence-corrected chi connectivity index (χ2v) is 12.1. The predicted molar refractivity (Wildman–Crippen MR) is 156 cm³/mol. The molecule has 1 N–H and O–H groups in total. The second kappa shape index (κ2) is 13.1. The standard InChI is InChI=1S/C30H36ClN3O4S/c1-6-23(4)32-30(36)24(5)33(19-25-11-10-12-26(31)18-25)29(35)20-34(28-17-21(2)15-16-22(28)3)39(37,38)27-13-8-7-9-14-27/h7-18,23-24H,6,19-20H2,1-5H3,(H,32,36)/t23-,24+/m0/s1. The van der Waals surface area contributed by atoms with E-state index in [1.807, 2.05) is 39.0 Å². The fraction of sp³-hybridized carbons (Fsp3) is 0.333. The van der Waals surface area contributed by atoms with Gasteiger partial charge in [-0.2, -0.15) is 0 Å². The molecule has 3 aromatic rings. The highest BCUT2D eigenvalue weighted by Gasteiger charge is 2.33. The lowest BCUT2D eigenvalue weighted by Crippen LogP contribution is -2.52. The number of hydrogen-bond acceptors (Lipinski definition) is 4. The summed E-state index contributed by atoms with van der Waals surface area (Å²) in [4.78, 5) is 28.6. The van der Waals surface area contributed by atoms with E-state index >= 15 is 0 Å². The number of amides is 2. The molecule has 0 saturated heterocycles. The number of sulfonamides is 1. The summed E-state index contributed by atoms with van der Waals surface area (Å²) < 4.78 is 28.9. The molecule has 0 fully saturated rings. The third-order valence-corrected chi connectivity index (χ3v) is 8.66. The van der Waals surface area contributed by atoms with Crippen LogP contribution in [0.3, 0.4) is 0 Å². The van der Waals surface area contributed by atoms with Crippen molar-refractivity contribution < 1.29 is 18.0 Å².